The van der Waals surface area contributed by atoms with E-state index in [-0.39, 0.29) is 0 Å². The van der Waals surface area contributed by atoms with Crippen molar-refractivity contribution < 1.29 is 4.55 Å². The van der Waals surface area contributed by atoms with E-state index in [9.17, 15) is 4.55 Å². The number of hydrogen-bond donors (Lipinski definition) is 0. The predicted octanol–water partition coefficient (Wildman–Crippen LogP) is 1.78. The molecule has 3 heteroatoms. The molecule has 1 atom stereocenters. The fourth-order valence-electron chi connectivity index (χ4n) is 0.647. The zero-order chi connectivity index (χ0) is 7.11. The first kappa shape index (κ1) is 9.53. The van der Waals surface area contributed by atoms with Crippen molar-refractivity contribution in [2.24, 2.45) is 0 Å². The van der Waals surface area contributed by atoms with Gasteiger partial charge in [0, 0.05) is 0 Å². The largest absolute Gasteiger partial charge is 0.794 e. The Bertz CT molecular complexity index is 83.1. The summed E-state index contributed by atoms with van der Waals surface area (Å²) in [4.78, 5) is 0. The van der Waals surface area contributed by atoms with Crippen LogP contribution < -0.4 is 0 Å². The first-order valence-corrected chi connectivity index (χ1v) is 5.57. The standard InChI is InChI=1S/C6H14OS2/c1-2-3-4-5-6-9(7)8/h2-6H2,1H3,(H,7,8)/p-1. The highest BCUT2D eigenvalue weighted by atomic mass is 32.8. The molecule has 0 N–H and O–H groups in total. The Kier molecular flexibility index (Phi) is 7.04. The van der Waals surface area contributed by atoms with Crippen LogP contribution in [-0.4, -0.2) is 10.3 Å². The van der Waals surface area contributed by atoms with Crippen LogP contribution in [0.2, 0.25) is 0 Å². The van der Waals surface area contributed by atoms with Crippen molar-refractivity contribution in [2.75, 3.05) is 5.75 Å². The molecular weight excluding hydrogens is 152 g/mol. The molecule has 0 saturated carbocycles. The van der Waals surface area contributed by atoms with Crippen LogP contribution in [0.5, 0.6) is 0 Å². The average molecular weight is 165 g/mol. The molecule has 0 saturated heterocycles. The summed E-state index contributed by atoms with van der Waals surface area (Å²) in [6.45, 7) is 2.16. The second kappa shape index (κ2) is 6.65. The van der Waals surface area contributed by atoms with E-state index < -0.39 is 9.74 Å². The van der Waals surface area contributed by atoms with Gasteiger partial charge in [0.2, 0.25) is 0 Å². The number of hydrogen-bond acceptors (Lipinski definition) is 2. The smallest absolute Gasteiger partial charge is 0.0156 e. The van der Waals surface area contributed by atoms with Gasteiger partial charge in [-0.25, -0.2) is 9.74 Å². The van der Waals surface area contributed by atoms with E-state index in [1.54, 1.807) is 0 Å². The van der Waals surface area contributed by atoms with Crippen molar-refractivity contribution in [2.45, 2.75) is 32.6 Å². The van der Waals surface area contributed by atoms with Gasteiger partial charge in [-0.3, -0.25) is 0 Å². The third-order valence-corrected chi connectivity index (χ3v) is 2.29. The number of rotatable bonds is 5. The molecule has 0 aliphatic carbocycles. The summed E-state index contributed by atoms with van der Waals surface area (Å²) in [6.07, 6.45) is 4.68. The molecule has 56 valence electrons. The van der Waals surface area contributed by atoms with Crippen molar-refractivity contribution >= 4 is 20.9 Å². The van der Waals surface area contributed by atoms with Gasteiger partial charge in [0.05, 0.1) is 0 Å². The van der Waals surface area contributed by atoms with Gasteiger partial charge in [0.25, 0.3) is 0 Å². The fraction of sp³-hybridized carbons (Fsp3) is 1.00. The van der Waals surface area contributed by atoms with Gasteiger partial charge in [0.1, 0.15) is 0 Å². The minimum atomic E-state index is -0.986. The lowest BCUT2D eigenvalue weighted by atomic mass is 10.2. The molecule has 0 aromatic heterocycles. The van der Waals surface area contributed by atoms with Gasteiger partial charge < -0.3 is 4.55 Å². The van der Waals surface area contributed by atoms with Crippen LogP contribution in [0.4, 0.5) is 0 Å². The van der Waals surface area contributed by atoms with Crippen LogP contribution >= 0.6 is 0 Å². The van der Waals surface area contributed by atoms with Gasteiger partial charge in [0.15, 0.2) is 0 Å². The fourth-order valence-corrected chi connectivity index (χ4v) is 1.44. The summed E-state index contributed by atoms with van der Waals surface area (Å²) in [7, 11) is -0.986. The van der Waals surface area contributed by atoms with Crippen LogP contribution in [-0.2, 0) is 20.9 Å². The van der Waals surface area contributed by atoms with E-state index in [2.05, 4.69) is 18.1 Å². The molecular formula is C6H13OS2-. The van der Waals surface area contributed by atoms with Crippen molar-refractivity contribution in [3.8, 4) is 0 Å². The highest BCUT2D eigenvalue weighted by Crippen LogP contribution is 1.98. The van der Waals surface area contributed by atoms with Gasteiger partial charge >= 0.3 is 0 Å². The molecule has 0 rings (SSSR count). The van der Waals surface area contributed by atoms with Crippen molar-refractivity contribution in [1.82, 2.24) is 0 Å². The molecule has 0 heterocycles. The van der Waals surface area contributed by atoms with Gasteiger partial charge in [-0.2, -0.15) is 0 Å². The summed E-state index contributed by atoms with van der Waals surface area (Å²) in [5.41, 5.74) is 0. The summed E-state index contributed by atoms with van der Waals surface area (Å²) in [5.74, 6) is 0.704. The highest BCUT2D eigenvalue weighted by molar-refractivity contribution is 8.25. The quantitative estimate of drug-likeness (QED) is 0.580. The van der Waals surface area contributed by atoms with Crippen molar-refractivity contribution in [3.05, 3.63) is 0 Å². The predicted molar refractivity (Wildman–Crippen MR) is 44.5 cm³/mol. The lowest BCUT2D eigenvalue weighted by Gasteiger charge is -2.06. The Morgan fingerprint density at radius 1 is 1.33 bits per heavy atom. The maximum Gasteiger partial charge on any atom is -0.0156 e. The Balaban J connectivity index is 2.83. The molecule has 0 radical (unpaired) electrons. The van der Waals surface area contributed by atoms with E-state index in [0.717, 1.165) is 6.42 Å². The minimum Gasteiger partial charge on any atom is -0.794 e. The summed E-state index contributed by atoms with van der Waals surface area (Å²) >= 11 is 4.50. The molecule has 0 fully saturated rings. The number of unbranched alkanes of at least 4 members (excludes halogenated alkanes) is 3. The van der Waals surface area contributed by atoms with E-state index in [4.69, 9.17) is 0 Å². The van der Waals surface area contributed by atoms with Gasteiger partial charge in [-0.05, 0) is 12.2 Å². The third kappa shape index (κ3) is 8.53. The van der Waals surface area contributed by atoms with E-state index >= 15 is 0 Å². The van der Waals surface area contributed by atoms with Crippen LogP contribution in [0.3, 0.4) is 0 Å². The first-order valence-electron chi connectivity index (χ1n) is 3.33. The lowest BCUT2D eigenvalue weighted by molar-refractivity contribution is 0.604. The van der Waals surface area contributed by atoms with Crippen molar-refractivity contribution in [3.63, 3.8) is 0 Å². The molecule has 0 spiro atoms. The molecule has 0 amide bonds. The normalized spacial score (nSPS) is 13.6. The van der Waals surface area contributed by atoms with Crippen LogP contribution in [0.25, 0.3) is 0 Å². The Labute approximate surface area is 64.3 Å². The maximum absolute atomic E-state index is 10.3. The Morgan fingerprint density at radius 3 is 2.44 bits per heavy atom. The molecule has 0 aromatic rings. The SMILES string of the molecule is CCCCCCS([O-])=S. The Morgan fingerprint density at radius 2 is 2.00 bits per heavy atom. The maximum atomic E-state index is 10.3. The van der Waals surface area contributed by atoms with E-state index in [1.165, 1.54) is 19.3 Å². The van der Waals surface area contributed by atoms with Gasteiger partial charge in [-0.15, -0.1) is 0 Å². The van der Waals surface area contributed by atoms with Crippen LogP contribution in [0, 0.1) is 0 Å². The summed E-state index contributed by atoms with van der Waals surface area (Å²) in [6, 6.07) is 0. The topological polar surface area (TPSA) is 23.1 Å². The molecule has 1 nitrogen and oxygen atoms in total. The molecule has 0 aromatic carbocycles. The van der Waals surface area contributed by atoms with E-state index in [1.807, 2.05) is 0 Å². The average Bonchev–Trinajstić information content (AvgIpc) is 1.80. The monoisotopic (exact) mass is 165 g/mol. The second-order valence-corrected chi connectivity index (χ2v) is 4.20. The summed E-state index contributed by atoms with van der Waals surface area (Å²) < 4.78 is 10.3. The lowest BCUT2D eigenvalue weighted by Crippen LogP contribution is -1.92. The zero-order valence-corrected chi connectivity index (χ0v) is 7.39. The molecule has 0 aliphatic heterocycles. The summed E-state index contributed by atoms with van der Waals surface area (Å²) in [5, 5.41) is 0. The first-order chi connectivity index (χ1) is 4.27. The molecule has 0 bridgehead atoms. The van der Waals surface area contributed by atoms with Crippen molar-refractivity contribution in [1.29, 1.82) is 0 Å². The Hall–Kier alpha value is 0.530. The third-order valence-electron chi connectivity index (χ3n) is 1.16. The second-order valence-electron chi connectivity index (χ2n) is 2.07. The highest BCUT2D eigenvalue weighted by Gasteiger charge is 1.83. The molecule has 0 aliphatic rings. The zero-order valence-electron chi connectivity index (χ0n) is 5.76. The molecule has 9 heavy (non-hydrogen) atoms. The van der Waals surface area contributed by atoms with Crippen LogP contribution in [0.1, 0.15) is 32.6 Å². The minimum absolute atomic E-state index is 0.704. The molecule has 1 unspecified atom stereocenters. The van der Waals surface area contributed by atoms with E-state index in [0.29, 0.717) is 5.75 Å². The van der Waals surface area contributed by atoms with Crippen LogP contribution in [0.15, 0.2) is 0 Å². The van der Waals surface area contributed by atoms with Gasteiger partial charge in [-0.1, -0.05) is 37.4 Å².